The number of halogens is 1. The van der Waals surface area contributed by atoms with Gasteiger partial charge < -0.3 is 15.4 Å². The third-order valence-corrected chi connectivity index (χ3v) is 8.11. The Morgan fingerprint density at radius 2 is 1.93 bits per heavy atom. The Morgan fingerprint density at radius 3 is 2.55 bits per heavy atom. The molecule has 0 radical (unpaired) electrons. The average Bonchev–Trinajstić information content (AvgIpc) is 3.15. The minimum Gasteiger partial charge on any atom is -0.379 e. The summed E-state index contributed by atoms with van der Waals surface area (Å²) in [5, 5.41) is 6.68. The molecule has 1 fully saturated rings. The Hall–Kier alpha value is -0.430. The van der Waals surface area contributed by atoms with E-state index in [0.717, 1.165) is 23.2 Å². The Balaban J connectivity index is 0.00000420. The average molecular weight is 559 g/mol. The normalized spacial score (nSPS) is 17.1. The molecule has 1 aliphatic rings. The van der Waals surface area contributed by atoms with Crippen LogP contribution in [0.2, 0.25) is 0 Å². The molecule has 0 saturated carbocycles. The Labute approximate surface area is 196 Å². The lowest BCUT2D eigenvalue weighted by molar-refractivity contribution is 0.0731. The maximum absolute atomic E-state index is 12.7. The largest absolute Gasteiger partial charge is 0.379 e. The number of sulfonamides is 1. The molecule has 0 spiro atoms. The number of nitrogens with zero attached hydrogens (tertiary/aromatic N) is 2. The topological polar surface area (TPSA) is 83.0 Å². The lowest BCUT2D eigenvalue weighted by Gasteiger charge is -2.25. The van der Waals surface area contributed by atoms with E-state index in [-0.39, 0.29) is 24.0 Å². The van der Waals surface area contributed by atoms with Gasteiger partial charge in [0, 0.05) is 31.1 Å². The van der Waals surface area contributed by atoms with E-state index < -0.39 is 10.0 Å². The molecule has 1 aromatic rings. The van der Waals surface area contributed by atoms with E-state index in [1.807, 2.05) is 6.07 Å². The number of hydrogen-bond acceptors (Lipinski definition) is 5. The minimum atomic E-state index is -3.42. The summed E-state index contributed by atoms with van der Waals surface area (Å²) in [5.41, 5.74) is 0. The first kappa shape index (κ1) is 26.6. The summed E-state index contributed by atoms with van der Waals surface area (Å²) in [4.78, 5) is 5.23. The van der Waals surface area contributed by atoms with Crippen LogP contribution in [0.5, 0.6) is 0 Å². The number of aliphatic imine (C=N–C) groups is 1. The van der Waals surface area contributed by atoms with Crippen LogP contribution in [0.3, 0.4) is 0 Å². The Bertz CT molecular complexity index is 732. The molecule has 1 atom stereocenters. The van der Waals surface area contributed by atoms with E-state index in [1.54, 1.807) is 13.1 Å². The van der Waals surface area contributed by atoms with Crippen LogP contribution in [0, 0.1) is 5.92 Å². The summed E-state index contributed by atoms with van der Waals surface area (Å²) in [6.45, 7) is 8.93. The van der Waals surface area contributed by atoms with Crippen LogP contribution in [-0.4, -0.2) is 58.1 Å². The molecule has 2 rings (SSSR count). The fourth-order valence-corrected chi connectivity index (χ4v) is 5.87. The lowest BCUT2D eigenvalue weighted by Crippen LogP contribution is -2.41. The van der Waals surface area contributed by atoms with E-state index >= 15 is 0 Å². The summed E-state index contributed by atoms with van der Waals surface area (Å²) in [6, 6.07) is 3.90. The second-order valence-electron chi connectivity index (χ2n) is 7.53. The molecule has 2 N–H and O–H groups in total. The number of guanidine groups is 1. The van der Waals surface area contributed by atoms with E-state index in [4.69, 9.17) is 4.74 Å². The Morgan fingerprint density at radius 1 is 1.24 bits per heavy atom. The van der Waals surface area contributed by atoms with Crippen molar-refractivity contribution >= 4 is 51.3 Å². The molecular formula is C19H35IN4O3S2. The summed E-state index contributed by atoms with van der Waals surface area (Å²) < 4.78 is 32.6. The molecule has 1 aromatic heterocycles. The SMILES string of the molecule is CN=C(NCc1ccc(S(=O)(=O)N2CCOCC2)s1)NC(C)CCCC(C)C.I. The molecule has 0 aliphatic carbocycles. The van der Waals surface area contributed by atoms with Crippen molar-refractivity contribution in [1.29, 1.82) is 0 Å². The van der Waals surface area contributed by atoms with Crippen molar-refractivity contribution in [2.45, 2.75) is 56.8 Å². The third-order valence-electron chi connectivity index (χ3n) is 4.66. The summed E-state index contributed by atoms with van der Waals surface area (Å²) in [5.74, 6) is 1.47. The number of nitrogens with one attached hydrogen (secondary N) is 2. The molecule has 168 valence electrons. The van der Waals surface area contributed by atoms with Gasteiger partial charge in [-0.1, -0.05) is 26.7 Å². The van der Waals surface area contributed by atoms with Gasteiger partial charge in [0.1, 0.15) is 4.21 Å². The highest BCUT2D eigenvalue weighted by atomic mass is 127. The van der Waals surface area contributed by atoms with Crippen LogP contribution in [0.4, 0.5) is 0 Å². The van der Waals surface area contributed by atoms with Crippen molar-refractivity contribution in [2.24, 2.45) is 10.9 Å². The number of ether oxygens (including phenoxy) is 1. The highest BCUT2D eigenvalue weighted by molar-refractivity contribution is 14.0. The molecule has 1 aliphatic heterocycles. The van der Waals surface area contributed by atoms with Crippen molar-refractivity contribution in [3.05, 3.63) is 17.0 Å². The van der Waals surface area contributed by atoms with Crippen molar-refractivity contribution in [2.75, 3.05) is 33.4 Å². The molecular weight excluding hydrogens is 523 g/mol. The minimum absolute atomic E-state index is 0. The first-order chi connectivity index (χ1) is 13.3. The van der Waals surface area contributed by atoms with Crippen LogP contribution in [0.15, 0.2) is 21.3 Å². The van der Waals surface area contributed by atoms with Crippen molar-refractivity contribution in [3.8, 4) is 0 Å². The zero-order valence-electron chi connectivity index (χ0n) is 17.8. The first-order valence-corrected chi connectivity index (χ1v) is 12.2. The van der Waals surface area contributed by atoms with E-state index in [1.165, 1.54) is 28.5 Å². The highest BCUT2D eigenvalue weighted by Gasteiger charge is 2.27. The van der Waals surface area contributed by atoms with Crippen molar-refractivity contribution in [3.63, 3.8) is 0 Å². The maximum atomic E-state index is 12.7. The Kier molecular flexibility index (Phi) is 12.0. The van der Waals surface area contributed by atoms with E-state index in [0.29, 0.717) is 43.1 Å². The van der Waals surface area contributed by atoms with Crippen LogP contribution in [0.1, 0.15) is 44.9 Å². The summed E-state index contributed by atoms with van der Waals surface area (Å²) in [7, 11) is -1.67. The number of morpholine rings is 1. The third kappa shape index (κ3) is 8.68. The fourth-order valence-electron chi connectivity index (χ4n) is 3.01. The number of thiophene rings is 1. The standard InChI is InChI=1S/C19H34N4O3S2.HI/c1-15(2)6-5-7-16(3)22-19(20-4)21-14-17-8-9-18(27-17)28(24,25)23-10-12-26-13-11-23;/h8-9,15-16H,5-7,10-14H2,1-4H3,(H2,20,21,22);1H. The predicted molar refractivity (Wildman–Crippen MR) is 131 cm³/mol. The van der Waals surface area contributed by atoms with Gasteiger partial charge >= 0.3 is 0 Å². The van der Waals surface area contributed by atoms with Crippen molar-refractivity contribution < 1.29 is 13.2 Å². The molecule has 0 bridgehead atoms. The monoisotopic (exact) mass is 558 g/mol. The smallest absolute Gasteiger partial charge is 0.252 e. The number of rotatable bonds is 9. The van der Waals surface area contributed by atoms with E-state index in [9.17, 15) is 8.42 Å². The van der Waals surface area contributed by atoms with E-state index in [2.05, 4.69) is 36.4 Å². The second-order valence-corrected chi connectivity index (χ2v) is 10.9. The van der Waals surface area contributed by atoms with Crippen LogP contribution < -0.4 is 10.6 Å². The van der Waals surface area contributed by atoms with Crippen LogP contribution in [-0.2, 0) is 21.3 Å². The maximum Gasteiger partial charge on any atom is 0.252 e. The van der Waals surface area contributed by atoms with Gasteiger partial charge in [-0.05, 0) is 31.4 Å². The van der Waals surface area contributed by atoms with Crippen LogP contribution in [0.25, 0.3) is 0 Å². The zero-order chi connectivity index (χ0) is 20.6. The van der Waals surface area contributed by atoms with Gasteiger partial charge in [-0.15, -0.1) is 35.3 Å². The second kappa shape index (κ2) is 13.1. The molecule has 2 heterocycles. The van der Waals surface area contributed by atoms with Crippen molar-refractivity contribution in [1.82, 2.24) is 14.9 Å². The fraction of sp³-hybridized carbons (Fsp3) is 0.737. The molecule has 1 saturated heterocycles. The lowest BCUT2D eigenvalue weighted by atomic mass is 10.0. The molecule has 7 nitrogen and oxygen atoms in total. The van der Waals surface area contributed by atoms with Gasteiger partial charge in [0.2, 0.25) is 0 Å². The molecule has 29 heavy (non-hydrogen) atoms. The molecule has 10 heteroatoms. The van der Waals surface area contributed by atoms with Gasteiger partial charge in [0.15, 0.2) is 5.96 Å². The first-order valence-electron chi connectivity index (χ1n) is 9.96. The van der Waals surface area contributed by atoms with Gasteiger partial charge in [-0.3, -0.25) is 4.99 Å². The quantitative estimate of drug-likeness (QED) is 0.276. The van der Waals surface area contributed by atoms with Gasteiger partial charge in [0.25, 0.3) is 10.0 Å². The zero-order valence-corrected chi connectivity index (χ0v) is 21.8. The molecule has 0 amide bonds. The predicted octanol–water partition coefficient (Wildman–Crippen LogP) is 3.27. The van der Waals surface area contributed by atoms with Gasteiger partial charge in [-0.25, -0.2) is 8.42 Å². The highest BCUT2D eigenvalue weighted by Crippen LogP contribution is 2.25. The number of hydrogen-bond donors (Lipinski definition) is 2. The van der Waals surface area contributed by atoms with Gasteiger partial charge in [0.05, 0.1) is 19.8 Å². The van der Waals surface area contributed by atoms with Gasteiger partial charge in [-0.2, -0.15) is 4.31 Å². The summed E-state index contributed by atoms with van der Waals surface area (Å²) >= 11 is 1.31. The molecule has 0 aromatic carbocycles. The van der Waals surface area contributed by atoms with Crippen LogP contribution >= 0.6 is 35.3 Å². The summed E-state index contributed by atoms with van der Waals surface area (Å²) in [6.07, 6.45) is 3.52. The molecule has 1 unspecified atom stereocenters.